The number of halogens is 3. The number of benzene rings is 3. The summed E-state index contributed by atoms with van der Waals surface area (Å²) < 4.78 is 31.7. The third-order valence-corrected chi connectivity index (χ3v) is 4.61. The van der Waals surface area contributed by atoms with Gasteiger partial charge in [0.05, 0.1) is 11.6 Å². The van der Waals surface area contributed by atoms with Crippen LogP contribution < -0.4 is 10.6 Å². The summed E-state index contributed by atoms with van der Waals surface area (Å²) in [5.41, 5.74) is 5.16. The lowest BCUT2D eigenvalue weighted by atomic mass is 10.0. The summed E-state index contributed by atoms with van der Waals surface area (Å²) in [7, 11) is 0. The van der Waals surface area contributed by atoms with Crippen molar-refractivity contribution in [3.8, 4) is 17.2 Å². The molecule has 0 heterocycles. The largest absolute Gasteiger partial charge is 0.490 e. The van der Waals surface area contributed by atoms with Crippen LogP contribution in [0.5, 0.6) is 0 Å². The predicted molar refractivity (Wildman–Crippen MR) is 127 cm³/mol. The smallest absolute Gasteiger partial charge is 0.475 e. The highest BCUT2D eigenvalue weighted by Crippen LogP contribution is 2.24. The summed E-state index contributed by atoms with van der Waals surface area (Å²) in [5, 5.41) is 22.3. The maximum atomic E-state index is 12.5. The first-order valence-electron chi connectivity index (χ1n) is 10.5. The topological polar surface area (TPSA) is 102 Å². The molecule has 3 N–H and O–H groups in total. The van der Waals surface area contributed by atoms with E-state index in [4.69, 9.17) is 15.2 Å². The molecular weight excluding hydrogens is 459 g/mol. The van der Waals surface area contributed by atoms with Crippen molar-refractivity contribution in [3.63, 3.8) is 0 Å². The second-order valence-electron chi connectivity index (χ2n) is 7.76. The summed E-state index contributed by atoms with van der Waals surface area (Å²) in [6.45, 7) is 5.08. The summed E-state index contributed by atoms with van der Waals surface area (Å²) in [5.74, 6) is -2.95. The molecule has 9 heteroatoms. The molecule has 0 radical (unpaired) electrons. The lowest BCUT2D eigenvalue weighted by Gasteiger charge is -2.11. The molecule has 0 bridgehead atoms. The van der Waals surface area contributed by atoms with E-state index >= 15 is 0 Å². The molecular formula is C26H24F3N3O3. The minimum atomic E-state index is -5.08. The number of nitrogens with zero attached hydrogens (tertiary/aromatic N) is 1. The molecule has 182 valence electrons. The van der Waals surface area contributed by atoms with Gasteiger partial charge in [-0.1, -0.05) is 44.2 Å². The highest BCUT2D eigenvalue weighted by Gasteiger charge is 2.38. The molecule has 0 spiro atoms. The maximum Gasteiger partial charge on any atom is 0.490 e. The average Bonchev–Trinajstić information content (AvgIpc) is 2.83. The van der Waals surface area contributed by atoms with E-state index in [0.717, 1.165) is 23.4 Å². The van der Waals surface area contributed by atoms with Gasteiger partial charge in [-0.15, -0.1) is 0 Å². The summed E-state index contributed by atoms with van der Waals surface area (Å²) >= 11 is 0. The third kappa shape index (κ3) is 8.95. The van der Waals surface area contributed by atoms with E-state index in [0.29, 0.717) is 17.2 Å². The molecule has 0 aromatic heterocycles. The van der Waals surface area contributed by atoms with Gasteiger partial charge in [0.1, 0.15) is 0 Å². The summed E-state index contributed by atoms with van der Waals surface area (Å²) in [6, 6.07) is 25.3. The number of alkyl halides is 3. The van der Waals surface area contributed by atoms with Crippen LogP contribution in [0, 0.1) is 11.3 Å². The van der Waals surface area contributed by atoms with Crippen molar-refractivity contribution in [2.24, 2.45) is 0 Å². The second kappa shape index (κ2) is 12.3. The molecule has 0 atom stereocenters. The lowest BCUT2D eigenvalue weighted by Crippen LogP contribution is -2.21. The number of carbonyl (C=O) groups excluding carboxylic acids is 1. The van der Waals surface area contributed by atoms with Crippen LogP contribution in [0.4, 0.5) is 18.9 Å². The lowest BCUT2D eigenvalue weighted by molar-refractivity contribution is -0.192. The minimum Gasteiger partial charge on any atom is -0.475 e. The van der Waals surface area contributed by atoms with Crippen molar-refractivity contribution in [3.05, 3.63) is 89.5 Å². The zero-order valence-corrected chi connectivity index (χ0v) is 19.1. The Bertz CT molecular complexity index is 1200. The SMILES string of the molecule is CC(C)NCc1cccc(-c2cccc(NC(=O)c3ccc(C#N)cc3)c2)c1.O=C(O)C(F)(F)F. The number of carboxylic acid groups (broad SMARTS) is 1. The van der Waals surface area contributed by atoms with E-state index in [2.05, 4.69) is 54.8 Å². The molecule has 0 fully saturated rings. The van der Waals surface area contributed by atoms with Crippen molar-refractivity contribution in [1.82, 2.24) is 5.32 Å². The van der Waals surface area contributed by atoms with Gasteiger partial charge in [0.2, 0.25) is 0 Å². The molecule has 3 aromatic carbocycles. The molecule has 0 saturated heterocycles. The van der Waals surface area contributed by atoms with Crippen LogP contribution >= 0.6 is 0 Å². The van der Waals surface area contributed by atoms with E-state index in [1.807, 2.05) is 24.3 Å². The van der Waals surface area contributed by atoms with E-state index in [9.17, 15) is 18.0 Å². The Balaban J connectivity index is 0.000000540. The van der Waals surface area contributed by atoms with Crippen molar-refractivity contribution in [2.45, 2.75) is 32.6 Å². The van der Waals surface area contributed by atoms with E-state index in [1.165, 1.54) is 5.56 Å². The predicted octanol–water partition coefficient (Wildman–Crippen LogP) is 5.61. The maximum absolute atomic E-state index is 12.5. The van der Waals surface area contributed by atoms with Crippen molar-refractivity contribution < 1.29 is 27.9 Å². The van der Waals surface area contributed by atoms with Crippen LogP contribution in [0.15, 0.2) is 72.8 Å². The Labute approximate surface area is 201 Å². The first-order chi connectivity index (χ1) is 16.5. The molecule has 0 aliphatic carbocycles. The number of rotatable bonds is 6. The van der Waals surface area contributed by atoms with Gasteiger partial charge < -0.3 is 15.7 Å². The van der Waals surface area contributed by atoms with Gasteiger partial charge in [0, 0.05) is 23.8 Å². The van der Waals surface area contributed by atoms with Crippen LogP contribution in [0.25, 0.3) is 11.1 Å². The number of carbonyl (C=O) groups is 2. The van der Waals surface area contributed by atoms with E-state index in [-0.39, 0.29) is 5.91 Å². The van der Waals surface area contributed by atoms with Crippen LogP contribution in [0.3, 0.4) is 0 Å². The van der Waals surface area contributed by atoms with Crippen LogP contribution in [-0.4, -0.2) is 29.2 Å². The second-order valence-corrected chi connectivity index (χ2v) is 7.76. The fraction of sp³-hybridized carbons (Fsp3) is 0.192. The van der Waals surface area contributed by atoms with Gasteiger partial charge in [-0.2, -0.15) is 18.4 Å². The molecule has 0 saturated carbocycles. The zero-order chi connectivity index (χ0) is 26.0. The standard InChI is InChI=1S/C24H23N3O.C2HF3O2/c1-17(2)26-16-19-5-3-6-21(13-19)22-7-4-8-23(14-22)27-24(28)20-11-9-18(15-25)10-12-20;3-2(4,5)1(6)7/h3-14,17,26H,16H2,1-2H3,(H,27,28);(H,6,7). The number of nitrogens with one attached hydrogen (secondary N) is 2. The number of carboxylic acids is 1. The Morgan fingerprint density at radius 3 is 2.09 bits per heavy atom. The number of aliphatic carboxylic acids is 1. The number of hydrogen-bond donors (Lipinski definition) is 3. The number of hydrogen-bond acceptors (Lipinski definition) is 4. The molecule has 6 nitrogen and oxygen atoms in total. The monoisotopic (exact) mass is 483 g/mol. The van der Waals surface area contributed by atoms with Gasteiger partial charge in [-0.25, -0.2) is 4.79 Å². The van der Waals surface area contributed by atoms with E-state index < -0.39 is 12.1 Å². The molecule has 0 unspecified atom stereocenters. The van der Waals surface area contributed by atoms with Gasteiger partial charge >= 0.3 is 12.1 Å². The fourth-order valence-electron chi connectivity index (χ4n) is 2.86. The number of nitriles is 1. The Morgan fingerprint density at radius 1 is 0.971 bits per heavy atom. The van der Waals surface area contributed by atoms with Gasteiger partial charge in [-0.3, -0.25) is 4.79 Å². The van der Waals surface area contributed by atoms with Crippen molar-refractivity contribution in [2.75, 3.05) is 5.32 Å². The summed E-state index contributed by atoms with van der Waals surface area (Å²) in [4.78, 5) is 21.4. The fourth-order valence-corrected chi connectivity index (χ4v) is 2.86. The molecule has 0 aliphatic rings. The van der Waals surface area contributed by atoms with Crippen LogP contribution in [0.2, 0.25) is 0 Å². The van der Waals surface area contributed by atoms with Crippen molar-refractivity contribution in [1.29, 1.82) is 5.26 Å². The first-order valence-corrected chi connectivity index (χ1v) is 10.5. The Hall–Kier alpha value is -4.16. The average molecular weight is 483 g/mol. The quantitative estimate of drug-likeness (QED) is 0.423. The first kappa shape index (κ1) is 27.1. The van der Waals surface area contributed by atoms with Crippen LogP contribution in [0.1, 0.15) is 35.3 Å². The summed E-state index contributed by atoms with van der Waals surface area (Å²) in [6.07, 6.45) is -5.08. The van der Waals surface area contributed by atoms with Crippen LogP contribution in [-0.2, 0) is 11.3 Å². The molecule has 3 rings (SSSR count). The van der Waals surface area contributed by atoms with Gasteiger partial charge in [0.25, 0.3) is 5.91 Å². The Kier molecular flexibility index (Phi) is 9.55. The highest BCUT2D eigenvalue weighted by atomic mass is 19.4. The highest BCUT2D eigenvalue weighted by molar-refractivity contribution is 6.04. The van der Waals surface area contributed by atoms with Gasteiger partial charge in [-0.05, 0) is 59.2 Å². The number of amides is 1. The normalized spacial score (nSPS) is 10.7. The molecule has 1 amide bonds. The van der Waals surface area contributed by atoms with E-state index in [1.54, 1.807) is 24.3 Å². The third-order valence-electron chi connectivity index (χ3n) is 4.61. The molecule has 3 aromatic rings. The number of anilines is 1. The molecule has 0 aliphatic heterocycles. The van der Waals surface area contributed by atoms with Gasteiger partial charge in [0.15, 0.2) is 0 Å². The molecule has 35 heavy (non-hydrogen) atoms. The van der Waals surface area contributed by atoms with Crippen molar-refractivity contribution >= 4 is 17.6 Å². The zero-order valence-electron chi connectivity index (χ0n) is 19.1. The Morgan fingerprint density at radius 2 is 1.54 bits per heavy atom. The minimum absolute atomic E-state index is 0.198.